The fourth-order valence-corrected chi connectivity index (χ4v) is 2.68. The van der Waals surface area contributed by atoms with Crippen molar-refractivity contribution in [3.05, 3.63) is 76.6 Å². The molecule has 1 saturated heterocycles. The van der Waals surface area contributed by atoms with Crippen LogP contribution in [0, 0.1) is 23.2 Å². The number of nitrogens with zero attached hydrogens (tertiary/aromatic N) is 2. The quantitative estimate of drug-likeness (QED) is 0.794. The summed E-state index contributed by atoms with van der Waals surface area (Å²) in [5.74, 6) is 4.86. The van der Waals surface area contributed by atoms with E-state index < -0.39 is 5.83 Å². The Bertz CT molecular complexity index is 862. The van der Waals surface area contributed by atoms with Gasteiger partial charge in [0, 0.05) is 25.2 Å². The Morgan fingerprint density at radius 1 is 1.04 bits per heavy atom. The van der Waals surface area contributed by atoms with Crippen LogP contribution < -0.4 is 0 Å². The van der Waals surface area contributed by atoms with E-state index in [-0.39, 0.29) is 0 Å². The number of allylic oxidation sites excluding steroid dienone is 1. The van der Waals surface area contributed by atoms with E-state index in [0.717, 1.165) is 38.4 Å². The molecule has 0 radical (unpaired) electrons. The van der Waals surface area contributed by atoms with Crippen LogP contribution in [0.15, 0.2) is 54.4 Å². The molecule has 0 bridgehead atoms. The molecule has 2 aromatic rings. The van der Waals surface area contributed by atoms with Gasteiger partial charge >= 0.3 is 0 Å². The van der Waals surface area contributed by atoms with Crippen molar-refractivity contribution in [1.82, 2.24) is 4.90 Å². The molecule has 2 aromatic carbocycles. The van der Waals surface area contributed by atoms with Crippen LogP contribution in [0.1, 0.15) is 22.3 Å². The van der Waals surface area contributed by atoms with Gasteiger partial charge in [0.15, 0.2) is 5.83 Å². The summed E-state index contributed by atoms with van der Waals surface area (Å²) in [7, 11) is 0. The number of morpholine rings is 1. The molecular weight excluding hydrogens is 327 g/mol. The lowest BCUT2D eigenvalue weighted by atomic mass is 10.1. The summed E-state index contributed by atoms with van der Waals surface area (Å²) in [5.41, 5.74) is 3.22. The van der Waals surface area contributed by atoms with Gasteiger partial charge in [0.2, 0.25) is 0 Å². The van der Waals surface area contributed by atoms with E-state index in [1.807, 2.05) is 30.3 Å². The number of nitriles is 1. The predicted octanol–water partition coefficient (Wildman–Crippen LogP) is 3.75. The Morgan fingerprint density at radius 3 is 2.35 bits per heavy atom. The Morgan fingerprint density at radius 2 is 1.69 bits per heavy atom. The number of benzene rings is 2. The van der Waals surface area contributed by atoms with Crippen LogP contribution in [-0.4, -0.2) is 31.2 Å². The molecule has 130 valence electrons. The molecule has 0 aromatic heterocycles. The van der Waals surface area contributed by atoms with Crippen molar-refractivity contribution in [1.29, 1.82) is 5.26 Å². The van der Waals surface area contributed by atoms with E-state index in [1.165, 1.54) is 11.6 Å². The first kappa shape index (κ1) is 17.9. The summed E-state index contributed by atoms with van der Waals surface area (Å²) in [4.78, 5) is 2.35. The monoisotopic (exact) mass is 346 g/mol. The second kappa shape index (κ2) is 8.97. The average Bonchev–Trinajstić information content (AvgIpc) is 2.69. The van der Waals surface area contributed by atoms with Crippen LogP contribution in [0.5, 0.6) is 0 Å². The van der Waals surface area contributed by atoms with E-state index >= 15 is 0 Å². The zero-order valence-corrected chi connectivity index (χ0v) is 14.4. The molecule has 0 atom stereocenters. The summed E-state index contributed by atoms with van der Waals surface area (Å²) < 4.78 is 19.3. The SMILES string of the molecule is N#Cc1ccc(C=C(F)C#Cc2ccc(CN3CCOCC3)cc2)cc1. The highest BCUT2D eigenvalue weighted by atomic mass is 19.1. The summed E-state index contributed by atoms with van der Waals surface area (Å²) >= 11 is 0. The van der Waals surface area contributed by atoms with Gasteiger partial charge in [-0.2, -0.15) is 9.65 Å². The van der Waals surface area contributed by atoms with Gasteiger partial charge in [0.1, 0.15) is 0 Å². The summed E-state index contributed by atoms with van der Waals surface area (Å²) in [6.45, 7) is 4.37. The highest BCUT2D eigenvalue weighted by molar-refractivity contribution is 5.57. The van der Waals surface area contributed by atoms with Gasteiger partial charge < -0.3 is 4.74 Å². The van der Waals surface area contributed by atoms with Crippen LogP contribution in [0.4, 0.5) is 4.39 Å². The molecule has 0 spiro atoms. The van der Waals surface area contributed by atoms with Crippen molar-refractivity contribution in [3.63, 3.8) is 0 Å². The van der Waals surface area contributed by atoms with E-state index in [9.17, 15) is 4.39 Å². The van der Waals surface area contributed by atoms with Crippen LogP contribution in [0.25, 0.3) is 6.08 Å². The molecule has 1 heterocycles. The number of rotatable bonds is 3. The standard InChI is InChI=1S/C22H19FN2O/c23-22(15-19-3-5-20(16-24)6-4-19)10-9-18-1-7-21(8-2-18)17-25-11-13-26-14-12-25/h1-8,15H,11-14,17H2. The largest absolute Gasteiger partial charge is 0.379 e. The van der Waals surface area contributed by atoms with Gasteiger partial charge in [0.25, 0.3) is 0 Å². The van der Waals surface area contributed by atoms with Crippen LogP contribution in [-0.2, 0) is 11.3 Å². The van der Waals surface area contributed by atoms with Crippen LogP contribution in [0.3, 0.4) is 0 Å². The Labute approximate surface area is 153 Å². The lowest BCUT2D eigenvalue weighted by Gasteiger charge is -2.26. The van der Waals surface area contributed by atoms with Crippen molar-refractivity contribution in [2.45, 2.75) is 6.54 Å². The third kappa shape index (κ3) is 5.29. The first-order valence-corrected chi connectivity index (χ1v) is 8.51. The zero-order chi connectivity index (χ0) is 18.2. The summed E-state index contributed by atoms with van der Waals surface area (Å²) in [6.07, 6.45) is 1.36. The van der Waals surface area contributed by atoms with Crippen molar-refractivity contribution in [2.24, 2.45) is 0 Å². The average molecular weight is 346 g/mol. The maximum atomic E-state index is 13.9. The Kier molecular flexibility index (Phi) is 6.17. The molecule has 0 aliphatic carbocycles. The number of hydrogen-bond acceptors (Lipinski definition) is 3. The number of ether oxygens (including phenoxy) is 1. The molecule has 1 fully saturated rings. The molecule has 0 N–H and O–H groups in total. The summed E-state index contributed by atoms with van der Waals surface area (Å²) in [6, 6.07) is 16.6. The first-order valence-electron chi connectivity index (χ1n) is 8.51. The van der Waals surface area contributed by atoms with Gasteiger partial charge in [-0.3, -0.25) is 4.90 Å². The number of halogens is 1. The molecule has 0 unspecified atom stereocenters. The van der Waals surface area contributed by atoms with Gasteiger partial charge in [-0.05, 0) is 47.4 Å². The molecule has 0 amide bonds. The van der Waals surface area contributed by atoms with E-state index in [1.54, 1.807) is 24.3 Å². The Balaban J connectivity index is 1.61. The van der Waals surface area contributed by atoms with E-state index in [0.29, 0.717) is 11.1 Å². The molecule has 1 aliphatic rings. The third-order valence-electron chi connectivity index (χ3n) is 4.12. The number of hydrogen-bond donors (Lipinski definition) is 0. The minimum Gasteiger partial charge on any atom is -0.379 e. The van der Waals surface area contributed by atoms with Gasteiger partial charge in [-0.15, -0.1) is 0 Å². The maximum Gasteiger partial charge on any atom is 0.174 e. The molecule has 1 aliphatic heterocycles. The molecular formula is C22H19FN2O. The van der Waals surface area contributed by atoms with Gasteiger partial charge in [0.05, 0.1) is 24.8 Å². The van der Waals surface area contributed by atoms with Crippen LogP contribution >= 0.6 is 0 Å². The van der Waals surface area contributed by atoms with Gasteiger partial charge in [-0.25, -0.2) is 0 Å². The van der Waals surface area contributed by atoms with Crippen LogP contribution in [0.2, 0.25) is 0 Å². The van der Waals surface area contributed by atoms with Crippen molar-refractivity contribution in [2.75, 3.05) is 26.3 Å². The lowest BCUT2D eigenvalue weighted by molar-refractivity contribution is 0.0342. The zero-order valence-electron chi connectivity index (χ0n) is 14.4. The van der Waals surface area contributed by atoms with Gasteiger partial charge in [-0.1, -0.05) is 30.2 Å². The van der Waals surface area contributed by atoms with Crippen molar-refractivity contribution in [3.8, 4) is 17.9 Å². The predicted molar refractivity (Wildman–Crippen MR) is 99.7 cm³/mol. The summed E-state index contributed by atoms with van der Waals surface area (Å²) in [5, 5.41) is 8.76. The van der Waals surface area contributed by atoms with E-state index in [4.69, 9.17) is 10.00 Å². The van der Waals surface area contributed by atoms with Crippen molar-refractivity contribution >= 4 is 6.08 Å². The maximum absolute atomic E-state index is 13.9. The second-order valence-electron chi connectivity index (χ2n) is 6.06. The van der Waals surface area contributed by atoms with Crippen molar-refractivity contribution < 1.29 is 9.13 Å². The lowest BCUT2D eigenvalue weighted by Crippen LogP contribution is -2.35. The highest BCUT2D eigenvalue weighted by Gasteiger charge is 2.10. The van der Waals surface area contributed by atoms with E-state index in [2.05, 4.69) is 16.7 Å². The molecule has 26 heavy (non-hydrogen) atoms. The molecule has 4 heteroatoms. The minimum atomic E-state index is -0.507. The minimum absolute atomic E-state index is 0.507. The molecule has 3 nitrogen and oxygen atoms in total. The highest BCUT2D eigenvalue weighted by Crippen LogP contribution is 2.11. The topological polar surface area (TPSA) is 36.3 Å². The first-order chi connectivity index (χ1) is 12.7. The molecule has 3 rings (SSSR count). The Hall–Kier alpha value is -2.92. The second-order valence-corrected chi connectivity index (χ2v) is 6.06. The third-order valence-corrected chi connectivity index (χ3v) is 4.12. The normalized spacial score (nSPS) is 15.0. The smallest absolute Gasteiger partial charge is 0.174 e. The fraction of sp³-hybridized carbons (Fsp3) is 0.227. The fourth-order valence-electron chi connectivity index (χ4n) is 2.68. The molecule has 0 saturated carbocycles.